The number of aromatic nitrogens is 4. The Hall–Kier alpha value is -3.27. The van der Waals surface area contributed by atoms with E-state index in [-0.39, 0.29) is 29.4 Å². The Morgan fingerprint density at radius 2 is 1.88 bits per heavy atom. The van der Waals surface area contributed by atoms with Crippen molar-refractivity contribution in [3.63, 3.8) is 0 Å². The van der Waals surface area contributed by atoms with Crippen LogP contribution in [-0.4, -0.2) is 19.5 Å². The van der Waals surface area contributed by atoms with Crippen LogP contribution in [-0.2, 0) is 18.5 Å². The summed E-state index contributed by atoms with van der Waals surface area (Å²) in [5, 5.41) is 0. The summed E-state index contributed by atoms with van der Waals surface area (Å²) in [7, 11) is 0. The summed E-state index contributed by atoms with van der Waals surface area (Å²) >= 11 is 4.23. The van der Waals surface area contributed by atoms with Crippen molar-refractivity contribution in [3.05, 3.63) is 100 Å². The van der Waals surface area contributed by atoms with Gasteiger partial charge in [0.05, 0.1) is 29.7 Å². The molecule has 40 heavy (non-hydrogen) atoms. The fourth-order valence-corrected chi connectivity index (χ4v) is 4.56. The van der Waals surface area contributed by atoms with Crippen LogP contribution >= 0.6 is 12.6 Å². The van der Waals surface area contributed by atoms with Crippen molar-refractivity contribution in [1.29, 1.82) is 0 Å². The van der Waals surface area contributed by atoms with Crippen LogP contribution in [0.1, 0.15) is 81.3 Å². The number of nitrogens with zero attached hydrogens (tertiary/aromatic N) is 4. The Kier molecular flexibility index (Phi) is 12.8. The molecule has 0 unspecified atom stereocenters. The van der Waals surface area contributed by atoms with Gasteiger partial charge in [-0.25, -0.2) is 14.4 Å². The Morgan fingerprint density at radius 3 is 2.42 bits per heavy atom. The summed E-state index contributed by atoms with van der Waals surface area (Å²) < 4.78 is 53.5. The molecular formula is C30H36F4N4OS. The third-order valence-corrected chi connectivity index (χ3v) is 6.61. The van der Waals surface area contributed by atoms with E-state index in [1.807, 2.05) is 13.8 Å². The van der Waals surface area contributed by atoms with Crippen LogP contribution in [0.3, 0.4) is 0 Å². The van der Waals surface area contributed by atoms with Crippen molar-refractivity contribution >= 4 is 23.8 Å². The van der Waals surface area contributed by atoms with Gasteiger partial charge in [0.2, 0.25) is 0 Å². The molecule has 0 aromatic carbocycles. The lowest BCUT2D eigenvalue weighted by Crippen LogP contribution is -2.29. The molecule has 4 rings (SSSR count). The maximum atomic E-state index is 13.5. The van der Waals surface area contributed by atoms with Crippen molar-refractivity contribution in [2.45, 2.75) is 77.3 Å². The van der Waals surface area contributed by atoms with Crippen molar-refractivity contribution in [3.8, 4) is 0 Å². The summed E-state index contributed by atoms with van der Waals surface area (Å²) in [5.74, 6) is 0.0239. The van der Waals surface area contributed by atoms with Crippen LogP contribution in [0.5, 0.6) is 0 Å². The molecular weight excluding hydrogens is 540 g/mol. The Balaban J connectivity index is 0.000000484. The smallest absolute Gasteiger partial charge is 0.285 e. The molecule has 3 aromatic rings. The summed E-state index contributed by atoms with van der Waals surface area (Å²) in [6, 6.07) is 3.98. The van der Waals surface area contributed by atoms with Gasteiger partial charge in [0, 0.05) is 17.5 Å². The van der Waals surface area contributed by atoms with E-state index in [4.69, 9.17) is 0 Å². The number of halogens is 4. The standard InChI is InChI=1S/C21H21F3N4OS.C7H9F.C2H6/c22-21(23,24)16-7-4-8-25-18(16)11-28-19-17(27-14(12-30)10-26-19)9-15(20(28)29)13-5-2-1-3-6-13;1-4-6(2)5-7(3)8;1-2/h4,7-10,13,30H,1-3,5-6,11-12H2;4-5H,1,3H2,2H3;1-2H3/b;6-5-;. The van der Waals surface area contributed by atoms with Gasteiger partial charge in [0.15, 0.2) is 5.65 Å². The lowest BCUT2D eigenvalue weighted by Gasteiger charge is -2.23. The number of alkyl halides is 3. The summed E-state index contributed by atoms with van der Waals surface area (Å²) in [5.41, 5.74) is 1.38. The fraction of sp³-hybridized carbons (Fsp3) is 0.400. The molecule has 0 atom stereocenters. The largest absolute Gasteiger partial charge is 0.418 e. The molecule has 5 nitrogen and oxygen atoms in total. The number of rotatable bonds is 6. The van der Waals surface area contributed by atoms with E-state index in [1.54, 1.807) is 19.1 Å². The second kappa shape index (κ2) is 15.5. The van der Waals surface area contributed by atoms with E-state index in [2.05, 4.69) is 40.7 Å². The average Bonchev–Trinajstić information content (AvgIpc) is 2.95. The maximum absolute atomic E-state index is 13.5. The molecule has 1 aliphatic rings. The monoisotopic (exact) mass is 576 g/mol. The zero-order valence-electron chi connectivity index (χ0n) is 23.1. The van der Waals surface area contributed by atoms with Gasteiger partial charge in [-0.1, -0.05) is 52.3 Å². The third-order valence-electron chi connectivity index (χ3n) is 6.29. The Morgan fingerprint density at radius 1 is 1.20 bits per heavy atom. The quantitative estimate of drug-likeness (QED) is 0.182. The molecule has 0 saturated heterocycles. The predicted molar refractivity (Wildman–Crippen MR) is 156 cm³/mol. The second-order valence-corrected chi connectivity index (χ2v) is 9.41. The van der Waals surface area contributed by atoms with E-state index in [0.29, 0.717) is 22.5 Å². The van der Waals surface area contributed by atoms with Gasteiger partial charge >= 0.3 is 6.18 Å². The highest BCUT2D eigenvalue weighted by Gasteiger charge is 2.34. The van der Waals surface area contributed by atoms with Crippen LogP contribution < -0.4 is 5.56 Å². The first-order valence-corrected chi connectivity index (χ1v) is 13.8. The number of pyridine rings is 2. The first-order chi connectivity index (χ1) is 19.0. The van der Waals surface area contributed by atoms with Gasteiger partial charge in [0.25, 0.3) is 5.56 Å². The molecule has 0 spiro atoms. The first kappa shape index (κ1) is 32.9. The molecule has 0 N–H and O–H groups in total. The summed E-state index contributed by atoms with van der Waals surface area (Å²) in [6.07, 6.45) is 6.10. The van der Waals surface area contributed by atoms with Crippen LogP contribution in [0.2, 0.25) is 0 Å². The minimum Gasteiger partial charge on any atom is -0.285 e. The van der Waals surface area contributed by atoms with Crippen LogP contribution in [0, 0.1) is 0 Å². The van der Waals surface area contributed by atoms with E-state index < -0.39 is 17.6 Å². The van der Waals surface area contributed by atoms with Crippen LogP contribution in [0.25, 0.3) is 11.2 Å². The number of allylic oxidation sites excluding steroid dienone is 4. The maximum Gasteiger partial charge on any atom is 0.418 e. The molecule has 1 saturated carbocycles. The highest BCUT2D eigenvalue weighted by molar-refractivity contribution is 7.79. The number of hydrogen-bond donors (Lipinski definition) is 1. The van der Waals surface area contributed by atoms with E-state index in [0.717, 1.165) is 43.7 Å². The molecule has 1 aliphatic carbocycles. The van der Waals surface area contributed by atoms with Gasteiger partial charge in [-0.2, -0.15) is 25.8 Å². The minimum absolute atomic E-state index is 0.0779. The predicted octanol–water partition coefficient (Wildman–Crippen LogP) is 8.36. The number of fused-ring (bicyclic) bond motifs is 1. The molecule has 216 valence electrons. The highest BCUT2D eigenvalue weighted by atomic mass is 32.1. The molecule has 3 aromatic heterocycles. The number of hydrogen-bond acceptors (Lipinski definition) is 5. The molecule has 3 heterocycles. The third kappa shape index (κ3) is 8.87. The van der Waals surface area contributed by atoms with Crippen molar-refractivity contribution in [2.75, 3.05) is 0 Å². The molecule has 1 fully saturated rings. The topological polar surface area (TPSA) is 60.7 Å². The molecule has 0 aliphatic heterocycles. The van der Waals surface area contributed by atoms with Crippen molar-refractivity contribution in [2.24, 2.45) is 0 Å². The van der Waals surface area contributed by atoms with Crippen molar-refractivity contribution in [1.82, 2.24) is 19.5 Å². The zero-order chi connectivity index (χ0) is 29.9. The Labute approximate surface area is 238 Å². The normalized spacial score (nSPS) is 14.1. The lowest BCUT2D eigenvalue weighted by atomic mass is 9.84. The van der Waals surface area contributed by atoms with Crippen LogP contribution in [0.4, 0.5) is 17.6 Å². The van der Waals surface area contributed by atoms with Gasteiger partial charge in [-0.3, -0.25) is 14.3 Å². The highest BCUT2D eigenvalue weighted by Crippen LogP contribution is 2.33. The second-order valence-electron chi connectivity index (χ2n) is 9.09. The minimum atomic E-state index is -4.56. The van der Waals surface area contributed by atoms with Gasteiger partial charge in [-0.05, 0) is 55.5 Å². The first-order valence-electron chi connectivity index (χ1n) is 13.2. The average molecular weight is 577 g/mol. The van der Waals surface area contributed by atoms with Gasteiger partial charge in [-0.15, -0.1) is 0 Å². The van der Waals surface area contributed by atoms with Crippen molar-refractivity contribution < 1.29 is 17.6 Å². The SMILES string of the molecule is C=C/C(C)=C\C(=C)F.CC.O=c1c(C2CCCCC2)cc2nc(CS)cnc2n1Cc1ncccc1C(F)(F)F. The summed E-state index contributed by atoms with van der Waals surface area (Å²) in [4.78, 5) is 26.1. The molecule has 0 amide bonds. The molecule has 10 heteroatoms. The lowest BCUT2D eigenvalue weighted by molar-refractivity contribution is -0.138. The van der Waals surface area contributed by atoms with E-state index >= 15 is 0 Å². The Bertz CT molecular complexity index is 1390. The van der Waals surface area contributed by atoms with Gasteiger partial charge in [0.1, 0.15) is 11.3 Å². The molecule has 0 bridgehead atoms. The summed E-state index contributed by atoms with van der Waals surface area (Å²) in [6.45, 7) is 11.9. The fourth-order valence-electron chi connectivity index (χ4n) is 4.41. The molecule has 0 radical (unpaired) electrons. The van der Waals surface area contributed by atoms with Crippen LogP contribution in [0.15, 0.2) is 72.1 Å². The van der Waals surface area contributed by atoms with E-state index in [9.17, 15) is 22.4 Å². The number of thiol groups is 1. The zero-order valence-corrected chi connectivity index (χ0v) is 24.0. The van der Waals surface area contributed by atoms with E-state index in [1.165, 1.54) is 29.1 Å². The van der Waals surface area contributed by atoms with Gasteiger partial charge < -0.3 is 0 Å².